The first-order chi connectivity index (χ1) is 12.3. The van der Waals surface area contributed by atoms with Gasteiger partial charge in [0.2, 0.25) is 5.82 Å². The minimum atomic E-state index is 0.553. The molecule has 0 atom stereocenters. The Hall–Kier alpha value is -3.30. The fraction of sp³-hybridized carbons (Fsp3) is 0.0526. The van der Waals surface area contributed by atoms with E-state index in [2.05, 4.69) is 21.5 Å². The van der Waals surface area contributed by atoms with Gasteiger partial charge in [0.1, 0.15) is 0 Å². The van der Waals surface area contributed by atoms with Gasteiger partial charge in [0.25, 0.3) is 0 Å². The van der Waals surface area contributed by atoms with Crippen molar-refractivity contribution in [2.45, 2.75) is 6.54 Å². The number of hydrogen-bond donors (Lipinski definition) is 0. The molecule has 0 aliphatic heterocycles. The Morgan fingerprint density at radius 2 is 1.84 bits per heavy atom. The Balaban J connectivity index is 1.54. The first-order valence-corrected chi connectivity index (χ1v) is 8.66. The van der Waals surface area contributed by atoms with E-state index in [4.69, 9.17) is 0 Å². The summed E-state index contributed by atoms with van der Waals surface area (Å²) < 4.78 is 0. The Morgan fingerprint density at radius 1 is 1.00 bits per heavy atom. The van der Waals surface area contributed by atoms with Crippen molar-refractivity contribution in [1.29, 1.82) is 5.26 Å². The third-order valence-corrected chi connectivity index (χ3v) is 4.55. The van der Waals surface area contributed by atoms with Crippen LogP contribution in [-0.4, -0.2) is 20.2 Å². The van der Waals surface area contributed by atoms with Crippen LogP contribution in [0.25, 0.3) is 22.5 Å². The second-order valence-corrected chi connectivity index (χ2v) is 6.29. The molecule has 0 unspecified atom stereocenters. The second kappa shape index (κ2) is 6.67. The monoisotopic (exact) mass is 343 g/mol. The molecule has 0 aliphatic carbocycles. The average molecular weight is 343 g/mol. The van der Waals surface area contributed by atoms with Crippen LogP contribution in [0, 0.1) is 11.3 Å². The van der Waals surface area contributed by atoms with Crippen molar-refractivity contribution < 1.29 is 0 Å². The summed E-state index contributed by atoms with van der Waals surface area (Å²) in [6.45, 7) is 0.553. The predicted molar refractivity (Wildman–Crippen MR) is 96.8 cm³/mol. The summed E-state index contributed by atoms with van der Waals surface area (Å²) in [5.41, 5.74) is 4.70. The zero-order valence-electron chi connectivity index (χ0n) is 13.2. The van der Waals surface area contributed by atoms with E-state index in [0.29, 0.717) is 17.9 Å². The fourth-order valence-corrected chi connectivity index (χ4v) is 3.24. The van der Waals surface area contributed by atoms with E-state index in [0.717, 1.165) is 22.3 Å². The lowest BCUT2D eigenvalue weighted by Gasteiger charge is -2.05. The van der Waals surface area contributed by atoms with E-state index >= 15 is 0 Å². The normalized spacial score (nSPS) is 10.5. The predicted octanol–water partition coefficient (Wildman–Crippen LogP) is 3.99. The largest absolute Gasteiger partial charge is 0.205 e. The minimum Gasteiger partial charge on any atom is -0.192 e. The molecule has 2 aromatic carbocycles. The molecular formula is C19H13N5S. The molecule has 0 N–H and O–H groups in total. The number of rotatable bonds is 4. The van der Waals surface area contributed by atoms with E-state index in [1.54, 1.807) is 16.1 Å². The SMILES string of the molecule is N#Cc1ccccc1-c1ccc(Cn2nnc(-c3ccsc3)n2)cc1. The molecule has 25 heavy (non-hydrogen) atoms. The number of hydrogen-bond acceptors (Lipinski definition) is 5. The molecule has 4 rings (SSSR count). The van der Waals surface area contributed by atoms with Gasteiger partial charge in [-0.25, -0.2) is 0 Å². The molecule has 0 saturated heterocycles. The van der Waals surface area contributed by atoms with Crippen molar-refractivity contribution in [3.63, 3.8) is 0 Å². The number of nitrogens with zero attached hydrogens (tertiary/aromatic N) is 5. The molecule has 0 saturated carbocycles. The highest BCUT2D eigenvalue weighted by Gasteiger charge is 2.07. The topological polar surface area (TPSA) is 67.4 Å². The molecule has 2 aromatic heterocycles. The Bertz CT molecular complexity index is 1030. The van der Waals surface area contributed by atoms with Crippen molar-refractivity contribution in [2.24, 2.45) is 0 Å². The standard InChI is InChI=1S/C19H13N5S/c20-11-16-3-1-2-4-18(16)15-7-5-14(6-8-15)12-24-22-19(21-23-24)17-9-10-25-13-17/h1-10,13H,12H2. The Kier molecular flexibility index (Phi) is 4.07. The van der Waals surface area contributed by atoms with Crippen LogP contribution in [0.1, 0.15) is 11.1 Å². The molecule has 6 heteroatoms. The van der Waals surface area contributed by atoms with Crippen molar-refractivity contribution in [2.75, 3.05) is 0 Å². The van der Waals surface area contributed by atoms with Crippen LogP contribution in [0.5, 0.6) is 0 Å². The Morgan fingerprint density at radius 3 is 2.60 bits per heavy atom. The van der Waals surface area contributed by atoms with E-state index < -0.39 is 0 Å². The molecule has 4 aromatic rings. The van der Waals surface area contributed by atoms with Crippen LogP contribution in [0.15, 0.2) is 65.4 Å². The molecule has 0 radical (unpaired) electrons. The molecule has 2 heterocycles. The first-order valence-electron chi connectivity index (χ1n) is 7.72. The first kappa shape index (κ1) is 15.2. The zero-order chi connectivity index (χ0) is 17.1. The van der Waals surface area contributed by atoms with Crippen LogP contribution in [0.2, 0.25) is 0 Å². The summed E-state index contributed by atoms with van der Waals surface area (Å²) in [6, 6.07) is 19.9. The van der Waals surface area contributed by atoms with E-state index in [1.807, 2.05) is 65.4 Å². The number of tetrazole rings is 1. The quantitative estimate of drug-likeness (QED) is 0.562. The summed E-state index contributed by atoms with van der Waals surface area (Å²) in [4.78, 5) is 1.59. The maximum absolute atomic E-state index is 9.23. The highest BCUT2D eigenvalue weighted by molar-refractivity contribution is 7.08. The van der Waals surface area contributed by atoms with E-state index in [-0.39, 0.29) is 0 Å². The van der Waals surface area contributed by atoms with Gasteiger partial charge < -0.3 is 0 Å². The van der Waals surface area contributed by atoms with Crippen molar-refractivity contribution in [3.8, 4) is 28.6 Å². The third-order valence-electron chi connectivity index (χ3n) is 3.87. The molecule has 0 amide bonds. The summed E-state index contributed by atoms with van der Waals surface area (Å²) in [7, 11) is 0. The summed E-state index contributed by atoms with van der Waals surface area (Å²) in [5, 5.41) is 25.9. The van der Waals surface area contributed by atoms with Crippen LogP contribution < -0.4 is 0 Å². The van der Waals surface area contributed by atoms with Crippen molar-refractivity contribution >= 4 is 11.3 Å². The highest BCUT2D eigenvalue weighted by atomic mass is 32.1. The van der Waals surface area contributed by atoms with Gasteiger partial charge in [0, 0.05) is 10.9 Å². The second-order valence-electron chi connectivity index (χ2n) is 5.51. The summed E-state index contributed by atoms with van der Waals surface area (Å²) in [5.74, 6) is 0.640. The molecular weight excluding hydrogens is 330 g/mol. The average Bonchev–Trinajstić information content (AvgIpc) is 3.34. The van der Waals surface area contributed by atoms with Crippen LogP contribution in [0.3, 0.4) is 0 Å². The smallest absolute Gasteiger partial charge is 0.192 e. The molecule has 120 valence electrons. The van der Waals surface area contributed by atoms with Crippen LogP contribution in [0.4, 0.5) is 0 Å². The molecule has 0 spiro atoms. The van der Waals surface area contributed by atoms with Gasteiger partial charge in [-0.1, -0.05) is 42.5 Å². The highest BCUT2D eigenvalue weighted by Crippen LogP contribution is 2.23. The number of thiophene rings is 1. The third kappa shape index (κ3) is 3.18. The Labute approximate surface area is 148 Å². The van der Waals surface area contributed by atoms with Crippen molar-refractivity contribution in [1.82, 2.24) is 20.2 Å². The maximum atomic E-state index is 9.23. The molecule has 0 aliphatic rings. The van der Waals surface area contributed by atoms with Gasteiger partial charge in [-0.05, 0) is 39.4 Å². The molecule has 5 nitrogen and oxygen atoms in total. The van der Waals surface area contributed by atoms with Gasteiger partial charge in [0.15, 0.2) is 0 Å². The van der Waals surface area contributed by atoms with E-state index in [1.165, 1.54) is 0 Å². The lowest BCUT2D eigenvalue weighted by Crippen LogP contribution is -2.03. The summed E-state index contributed by atoms with van der Waals surface area (Å²) in [6.07, 6.45) is 0. The van der Waals surface area contributed by atoms with Crippen LogP contribution in [-0.2, 0) is 6.54 Å². The fourth-order valence-electron chi connectivity index (χ4n) is 2.60. The number of nitriles is 1. The molecule has 0 bridgehead atoms. The molecule has 0 fully saturated rings. The van der Waals surface area contributed by atoms with Gasteiger partial charge in [0.05, 0.1) is 18.2 Å². The summed E-state index contributed by atoms with van der Waals surface area (Å²) >= 11 is 1.61. The lowest BCUT2D eigenvalue weighted by molar-refractivity contribution is 0.573. The zero-order valence-corrected chi connectivity index (χ0v) is 14.0. The number of benzene rings is 2. The lowest BCUT2D eigenvalue weighted by atomic mass is 9.99. The van der Waals surface area contributed by atoms with Crippen molar-refractivity contribution in [3.05, 3.63) is 76.5 Å². The van der Waals surface area contributed by atoms with Gasteiger partial charge in [-0.3, -0.25) is 0 Å². The van der Waals surface area contributed by atoms with Gasteiger partial charge in [-0.2, -0.15) is 21.4 Å². The number of aromatic nitrogens is 4. The minimum absolute atomic E-state index is 0.553. The van der Waals surface area contributed by atoms with Crippen LogP contribution >= 0.6 is 11.3 Å². The maximum Gasteiger partial charge on any atom is 0.205 e. The van der Waals surface area contributed by atoms with Gasteiger partial charge in [-0.15, -0.1) is 10.2 Å². The van der Waals surface area contributed by atoms with Gasteiger partial charge >= 0.3 is 0 Å². The van der Waals surface area contributed by atoms with E-state index in [9.17, 15) is 5.26 Å².